The zero-order valence-corrected chi connectivity index (χ0v) is 16.0. The number of para-hydroxylation sites is 1. The Balaban J connectivity index is 2.03. The Labute approximate surface area is 165 Å². The van der Waals surface area contributed by atoms with Crippen LogP contribution in [0.2, 0.25) is 0 Å². The molecule has 2 aromatic heterocycles. The molecule has 1 aliphatic rings. The fraction of sp³-hybridized carbons (Fsp3) is 0.150. The summed E-state index contributed by atoms with van der Waals surface area (Å²) in [5, 5.41) is 5.12. The number of anilines is 1. The average Bonchev–Trinajstić information content (AvgIpc) is 2.71. The van der Waals surface area contributed by atoms with Gasteiger partial charge in [0.1, 0.15) is 0 Å². The van der Waals surface area contributed by atoms with Crippen molar-refractivity contribution >= 4 is 23.4 Å². The number of nitrogens with zero attached hydrogens (tertiary/aromatic N) is 4. The van der Waals surface area contributed by atoms with Crippen LogP contribution in [-0.2, 0) is 4.79 Å². The Morgan fingerprint density at radius 3 is 2.89 bits per heavy atom. The number of fused-ring (bicyclic) bond motifs is 3. The first-order valence-electron chi connectivity index (χ1n) is 8.70. The molecule has 140 valence electrons. The molecule has 0 saturated carbocycles. The van der Waals surface area contributed by atoms with Crippen LogP contribution in [0.25, 0.3) is 11.3 Å². The number of pyridine rings is 1. The molecule has 3 heterocycles. The largest absolute Gasteiger partial charge is 0.325 e. The number of nitrogens with one attached hydrogen (secondary N) is 1. The summed E-state index contributed by atoms with van der Waals surface area (Å²) >= 11 is 1.37. The number of thioether (sulfide) groups is 1. The predicted molar refractivity (Wildman–Crippen MR) is 107 cm³/mol. The highest BCUT2D eigenvalue weighted by Crippen LogP contribution is 2.36. The lowest BCUT2D eigenvalue weighted by molar-refractivity contribution is -0.763. The van der Waals surface area contributed by atoms with Crippen LogP contribution in [0.15, 0.2) is 71.4 Å². The van der Waals surface area contributed by atoms with Crippen LogP contribution in [-0.4, -0.2) is 26.7 Å². The minimum Gasteiger partial charge on any atom is -0.291 e. The monoisotopic (exact) mass is 392 g/mol. The van der Waals surface area contributed by atoms with E-state index in [-0.39, 0.29) is 11.5 Å². The molecule has 1 aromatic carbocycles. The molecule has 7 nitrogen and oxygen atoms in total. The van der Waals surface area contributed by atoms with Crippen molar-refractivity contribution in [3.8, 4) is 11.3 Å². The molecule has 1 atom stereocenters. The Morgan fingerprint density at radius 2 is 2.18 bits per heavy atom. The van der Waals surface area contributed by atoms with Gasteiger partial charge in [-0.25, -0.2) is 4.90 Å². The molecule has 0 radical (unpaired) electrons. The molecule has 8 heteroatoms. The van der Waals surface area contributed by atoms with Crippen molar-refractivity contribution in [1.29, 1.82) is 0 Å². The summed E-state index contributed by atoms with van der Waals surface area (Å²) < 4.78 is 1.62. The van der Waals surface area contributed by atoms with Crippen LogP contribution in [0.3, 0.4) is 0 Å². The zero-order valence-electron chi connectivity index (χ0n) is 15.2. The van der Waals surface area contributed by atoms with Gasteiger partial charge >= 0.3 is 11.3 Å². The third kappa shape index (κ3) is 3.01. The number of benzene rings is 1. The number of aromatic nitrogens is 4. The highest BCUT2D eigenvalue weighted by Gasteiger charge is 2.44. The third-order valence-corrected chi connectivity index (χ3v) is 5.28. The van der Waals surface area contributed by atoms with Crippen LogP contribution in [0, 0.1) is 0 Å². The maximum atomic E-state index is 13.0. The first-order valence-corrected chi connectivity index (χ1v) is 9.69. The van der Waals surface area contributed by atoms with Gasteiger partial charge in [0.25, 0.3) is 6.17 Å². The highest BCUT2D eigenvalue weighted by molar-refractivity contribution is 7.99. The quantitative estimate of drug-likeness (QED) is 0.419. The molecule has 0 aliphatic carbocycles. The number of amides is 1. The summed E-state index contributed by atoms with van der Waals surface area (Å²) in [6.45, 7) is 5.21. The topological polar surface area (TPSA) is 82.8 Å². The number of hydrogen-bond acceptors (Lipinski definition) is 5. The lowest BCUT2D eigenvalue weighted by Crippen LogP contribution is -2.60. The summed E-state index contributed by atoms with van der Waals surface area (Å²) in [7, 11) is 0. The summed E-state index contributed by atoms with van der Waals surface area (Å²) in [4.78, 5) is 34.3. The van der Waals surface area contributed by atoms with E-state index in [1.54, 1.807) is 34.1 Å². The molecular weight excluding hydrogens is 374 g/mol. The van der Waals surface area contributed by atoms with E-state index in [1.165, 1.54) is 18.7 Å². The number of rotatable bonds is 4. The molecule has 28 heavy (non-hydrogen) atoms. The highest BCUT2D eigenvalue weighted by atomic mass is 32.2. The smallest absolute Gasteiger partial charge is 0.291 e. The molecule has 0 unspecified atom stereocenters. The molecule has 1 aliphatic heterocycles. The summed E-state index contributed by atoms with van der Waals surface area (Å²) in [6, 6.07) is 11.0. The van der Waals surface area contributed by atoms with Gasteiger partial charge in [-0.2, -0.15) is 0 Å². The summed E-state index contributed by atoms with van der Waals surface area (Å²) in [6.07, 6.45) is 4.48. The fourth-order valence-corrected chi connectivity index (χ4v) is 3.93. The second-order valence-corrected chi connectivity index (χ2v) is 7.23. The van der Waals surface area contributed by atoms with E-state index >= 15 is 0 Å². The predicted octanol–water partition coefficient (Wildman–Crippen LogP) is 2.31. The molecule has 0 bridgehead atoms. The van der Waals surface area contributed by atoms with Crippen LogP contribution in [0.5, 0.6) is 0 Å². The second kappa shape index (κ2) is 7.40. The van der Waals surface area contributed by atoms with Crippen molar-refractivity contribution in [3.63, 3.8) is 0 Å². The molecule has 0 spiro atoms. The van der Waals surface area contributed by atoms with E-state index in [2.05, 4.69) is 21.6 Å². The van der Waals surface area contributed by atoms with Gasteiger partial charge in [0, 0.05) is 30.2 Å². The average molecular weight is 392 g/mol. The van der Waals surface area contributed by atoms with Gasteiger partial charge in [-0.15, -0.1) is 6.58 Å². The van der Waals surface area contributed by atoms with Crippen molar-refractivity contribution < 1.29 is 9.48 Å². The molecular formula is C20H18N5O2S+. The van der Waals surface area contributed by atoms with Crippen LogP contribution >= 0.6 is 11.8 Å². The maximum absolute atomic E-state index is 13.0. The minimum absolute atomic E-state index is 0.151. The van der Waals surface area contributed by atoms with Gasteiger partial charge < -0.3 is 0 Å². The van der Waals surface area contributed by atoms with E-state index in [4.69, 9.17) is 0 Å². The Hall–Kier alpha value is -3.26. The van der Waals surface area contributed by atoms with Crippen LogP contribution in [0.4, 0.5) is 5.69 Å². The number of carbonyl (C=O) groups is 1. The van der Waals surface area contributed by atoms with Crippen LogP contribution < -0.4 is 15.1 Å². The first-order chi connectivity index (χ1) is 13.6. The van der Waals surface area contributed by atoms with E-state index in [9.17, 15) is 9.59 Å². The Morgan fingerprint density at radius 1 is 1.36 bits per heavy atom. The van der Waals surface area contributed by atoms with Crippen molar-refractivity contribution in [1.82, 2.24) is 15.1 Å². The molecule has 0 saturated heterocycles. The van der Waals surface area contributed by atoms with Crippen LogP contribution in [0.1, 0.15) is 18.7 Å². The summed E-state index contributed by atoms with van der Waals surface area (Å²) in [5.74, 6) is 0.453. The van der Waals surface area contributed by atoms with Crippen molar-refractivity contribution in [2.45, 2.75) is 18.2 Å². The molecule has 4 rings (SSSR count). The third-order valence-electron chi connectivity index (χ3n) is 4.42. The normalized spacial score (nSPS) is 14.9. The van der Waals surface area contributed by atoms with Gasteiger partial charge in [0.15, 0.2) is 0 Å². The standard InChI is InChI=1S/C20H17N5O2S/c1-3-11-28-20-22-18(27)17-15-8-4-5-9-16(15)24(13(2)26)19(25(17)23-20)14-7-6-10-21-12-14/h3-10,12,19H,1,11H2,2H3/p+1/t19-/m0/s1. The number of aromatic amines is 1. The van der Waals surface area contributed by atoms with Gasteiger partial charge in [0.2, 0.25) is 11.1 Å². The molecule has 1 amide bonds. The maximum Gasteiger partial charge on any atom is 0.325 e. The van der Waals surface area contributed by atoms with E-state index in [1.807, 2.05) is 30.3 Å². The van der Waals surface area contributed by atoms with E-state index < -0.39 is 6.17 Å². The van der Waals surface area contributed by atoms with Gasteiger partial charge in [-0.05, 0) is 28.9 Å². The SMILES string of the molecule is C=CCSc1n[n+]2c(c(=O)[nH]1)-c1ccccc1N(C(C)=O)[C@@H]2c1cccnc1. The van der Waals surface area contributed by atoms with Gasteiger partial charge in [-0.3, -0.25) is 19.6 Å². The van der Waals surface area contributed by atoms with Crippen molar-refractivity contribution in [2.24, 2.45) is 0 Å². The summed E-state index contributed by atoms with van der Waals surface area (Å²) in [5.41, 5.74) is 2.24. The molecule has 3 aromatic rings. The Kier molecular flexibility index (Phi) is 4.79. The first kappa shape index (κ1) is 18.1. The minimum atomic E-state index is -0.610. The van der Waals surface area contributed by atoms with Crippen molar-refractivity contribution in [2.75, 3.05) is 10.7 Å². The van der Waals surface area contributed by atoms with E-state index in [0.717, 1.165) is 5.56 Å². The van der Waals surface area contributed by atoms with E-state index in [0.29, 0.717) is 27.9 Å². The Bertz CT molecular complexity index is 1110. The van der Waals surface area contributed by atoms with Crippen molar-refractivity contribution in [3.05, 3.63) is 77.4 Å². The molecule has 1 N–H and O–H groups in total. The lowest BCUT2D eigenvalue weighted by atomic mass is 10.0. The molecule has 0 fully saturated rings. The lowest BCUT2D eigenvalue weighted by Gasteiger charge is -2.31. The van der Waals surface area contributed by atoms with Gasteiger partial charge in [-0.1, -0.05) is 30.0 Å². The van der Waals surface area contributed by atoms with Gasteiger partial charge in [0.05, 0.1) is 16.8 Å². The zero-order chi connectivity index (χ0) is 19.7. The number of carbonyl (C=O) groups excluding carboxylic acids is 1. The number of H-pyrrole nitrogens is 1. The fourth-order valence-electron chi connectivity index (χ4n) is 3.34. The second-order valence-electron chi connectivity index (χ2n) is 6.22. The number of hydrogen-bond donors (Lipinski definition) is 1.